The van der Waals surface area contributed by atoms with E-state index in [9.17, 15) is 9.59 Å². The molecule has 1 aromatic rings. The molecule has 1 aliphatic rings. The Morgan fingerprint density at radius 1 is 1.37 bits per heavy atom. The molecule has 1 fully saturated rings. The smallest absolute Gasteiger partial charge is 0.310 e. The molecule has 104 valence electrons. The van der Waals surface area contributed by atoms with Crippen LogP contribution in [0.2, 0.25) is 0 Å². The van der Waals surface area contributed by atoms with Crippen molar-refractivity contribution in [2.24, 2.45) is 11.8 Å². The number of carbonyl (C=O) groups is 2. The zero-order valence-corrected chi connectivity index (χ0v) is 12.0. The van der Waals surface area contributed by atoms with Crippen LogP contribution in [0, 0.1) is 11.8 Å². The highest BCUT2D eigenvalue weighted by atomic mass is 32.1. The molecule has 0 spiro atoms. The summed E-state index contributed by atoms with van der Waals surface area (Å²) in [5.41, 5.74) is 0. The largest absolute Gasteiger partial charge is 0.495 e. The molecule has 0 radical (unpaired) electrons. The van der Waals surface area contributed by atoms with E-state index in [4.69, 9.17) is 9.47 Å². The van der Waals surface area contributed by atoms with Crippen molar-refractivity contribution in [3.05, 3.63) is 16.3 Å². The number of hydrogen-bond donors (Lipinski definition) is 0. The van der Waals surface area contributed by atoms with Crippen LogP contribution in [0.15, 0.2) is 11.4 Å². The van der Waals surface area contributed by atoms with Gasteiger partial charge in [0.15, 0.2) is 0 Å². The average Bonchev–Trinajstić information content (AvgIpc) is 3.03. The van der Waals surface area contributed by atoms with Gasteiger partial charge in [0.2, 0.25) is 0 Å². The number of methoxy groups -OCH3 is 2. The Balaban J connectivity index is 2.12. The standard InChI is InChI=1S/C13H17NO4S/c1-8-6-14(7-9(8)13(16)18-3)12(15)11-10(17-2)4-5-19-11/h4-5,8-9H,6-7H2,1-3H3. The van der Waals surface area contributed by atoms with Crippen molar-refractivity contribution in [1.82, 2.24) is 4.90 Å². The summed E-state index contributed by atoms with van der Waals surface area (Å²) in [6.45, 7) is 2.94. The van der Waals surface area contributed by atoms with Crippen LogP contribution in [0.25, 0.3) is 0 Å². The molecular weight excluding hydrogens is 266 g/mol. The van der Waals surface area contributed by atoms with E-state index in [0.29, 0.717) is 23.7 Å². The lowest BCUT2D eigenvalue weighted by molar-refractivity contribution is -0.145. The lowest BCUT2D eigenvalue weighted by Crippen LogP contribution is -2.29. The van der Waals surface area contributed by atoms with E-state index in [0.717, 1.165) is 0 Å². The summed E-state index contributed by atoms with van der Waals surface area (Å²) in [4.78, 5) is 26.3. The normalized spacial score (nSPS) is 22.4. The number of thiophene rings is 1. The van der Waals surface area contributed by atoms with Gasteiger partial charge in [-0.3, -0.25) is 9.59 Å². The van der Waals surface area contributed by atoms with Crippen molar-refractivity contribution >= 4 is 23.2 Å². The number of ether oxygens (including phenoxy) is 2. The lowest BCUT2D eigenvalue weighted by atomic mass is 9.99. The summed E-state index contributed by atoms with van der Waals surface area (Å²) in [6.07, 6.45) is 0. The van der Waals surface area contributed by atoms with E-state index in [1.54, 1.807) is 18.1 Å². The van der Waals surface area contributed by atoms with Crippen LogP contribution >= 0.6 is 11.3 Å². The molecule has 0 aromatic carbocycles. The predicted octanol–water partition coefficient (Wildman–Crippen LogP) is 1.64. The van der Waals surface area contributed by atoms with Crippen LogP contribution in [-0.4, -0.2) is 44.1 Å². The van der Waals surface area contributed by atoms with E-state index in [1.807, 2.05) is 12.3 Å². The Kier molecular flexibility index (Phi) is 4.09. The van der Waals surface area contributed by atoms with Crippen molar-refractivity contribution in [2.45, 2.75) is 6.92 Å². The van der Waals surface area contributed by atoms with Gasteiger partial charge >= 0.3 is 5.97 Å². The fourth-order valence-corrected chi connectivity index (χ4v) is 3.17. The van der Waals surface area contributed by atoms with Gasteiger partial charge in [-0.1, -0.05) is 6.92 Å². The van der Waals surface area contributed by atoms with Crippen molar-refractivity contribution in [3.63, 3.8) is 0 Å². The molecule has 19 heavy (non-hydrogen) atoms. The van der Waals surface area contributed by atoms with Crippen molar-refractivity contribution < 1.29 is 19.1 Å². The molecule has 0 N–H and O–H groups in total. The van der Waals surface area contributed by atoms with Crippen LogP contribution < -0.4 is 4.74 Å². The fourth-order valence-electron chi connectivity index (χ4n) is 2.35. The van der Waals surface area contributed by atoms with Gasteiger partial charge in [0.05, 0.1) is 20.1 Å². The van der Waals surface area contributed by atoms with E-state index in [2.05, 4.69) is 0 Å². The summed E-state index contributed by atoms with van der Waals surface area (Å²) in [5.74, 6) is 0.137. The van der Waals surface area contributed by atoms with Crippen LogP contribution in [-0.2, 0) is 9.53 Å². The number of hydrogen-bond acceptors (Lipinski definition) is 5. The Labute approximate surface area is 116 Å². The van der Waals surface area contributed by atoms with Crippen molar-refractivity contribution in [2.75, 3.05) is 27.3 Å². The first-order valence-electron chi connectivity index (χ1n) is 6.07. The molecule has 2 unspecified atom stereocenters. The van der Waals surface area contributed by atoms with Gasteiger partial charge in [-0.05, 0) is 17.4 Å². The molecule has 6 heteroatoms. The maximum Gasteiger partial charge on any atom is 0.310 e. The van der Waals surface area contributed by atoms with Crippen molar-refractivity contribution in [3.8, 4) is 5.75 Å². The molecule has 0 saturated carbocycles. The monoisotopic (exact) mass is 283 g/mol. The number of esters is 1. The highest BCUT2D eigenvalue weighted by Gasteiger charge is 2.38. The topological polar surface area (TPSA) is 55.8 Å². The molecule has 1 amide bonds. The minimum absolute atomic E-state index is 0.0786. The summed E-state index contributed by atoms with van der Waals surface area (Å²) >= 11 is 1.35. The van der Waals surface area contributed by atoms with Crippen molar-refractivity contribution in [1.29, 1.82) is 0 Å². The Morgan fingerprint density at radius 2 is 2.11 bits per heavy atom. The second kappa shape index (κ2) is 5.61. The number of carbonyl (C=O) groups excluding carboxylic acids is 2. The number of rotatable bonds is 3. The molecule has 1 aromatic heterocycles. The maximum atomic E-state index is 12.4. The molecular formula is C13H17NO4S. The third-order valence-electron chi connectivity index (χ3n) is 3.45. The van der Waals surface area contributed by atoms with E-state index in [-0.39, 0.29) is 23.7 Å². The third kappa shape index (κ3) is 2.58. The molecule has 0 aliphatic carbocycles. The zero-order valence-electron chi connectivity index (χ0n) is 11.2. The molecule has 2 rings (SSSR count). The second-order valence-electron chi connectivity index (χ2n) is 4.64. The number of likely N-dealkylation sites (tertiary alicyclic amines) is 1. The predicted molar refractivity (Wildman–Crippen MR) is 71.4 cm³/mol. The zero-order chi connectivity index (χ0) is 14.0. The summed E-state index contributed by atoms with van der Waals surface area (Å²) < 4.78 is 9.93. The summed E-state index contributed by atoms with van der Waals surface area (Å²) in [7, 11) is 2.92. The van der Waals surface area contributed by atoms with Crippen LogP contribution in [0.5, 0.6) is 5.75 Å². The van der Waals surface area contributed by atoms with E-state index >= 15 is 0 Å². The number of amides is 1. The third-order valence-corrected chi connectivity index (χ3v) is 4.33. The first kappa shape index (κ1) is 13.9. The maximum absolute atomic E-state index is 12.4. The Hall–Kier alpha value is -1.56. The Morgan fingerprint density at radius 3 is 2.74 bits per heavy atom. The molecule has 1 aliphatic heterocycles. The SMILES string of the molecule is COC(=O)C1CN(C(=O)c2sccc2OC)CC1C. The first-order valence-corrected chi connectivity index (χ1v) is 6.95. The summed E-state index contributed by atoms with van der Waals surface area (Å²) in [6, 6.07) is 1.77. The molecule has 0 bridgehead atoms. The van der Waals surface area contributed by atoms with Crippen LogP contribution in [0.1, 0.15) is 16.6 Å². The van der Waals surface area contributed by atoms with Gasteiger partial charge in [-0.2, -0.15) is 0 Å². The molecule has 1 saturated heterocycles. The van der Waals surface area contributed by atoms with Gasteiger partial charge in [-0.25, -0.2) is 0 Å². The molecule has 2 heterocycles. The number of nitrogens with zero attached hydrogens (tertiary/aromatic N) is 1. The minimum atomic E-state index is -0.249. The van der Waals surface area contributed by atoms with Gasteiger partial charge in [0.1, 0.15) is 10.6 Å². The van der Waals surface area contributed by atoms with E-state index < -0.39 is 0 Å². The quantitative estimate of drug-likeness (QED) is 0.791. The van der Waals surface area contributed by atoms with E-state index in [1.165, 1.54) is 18.4 Å². The highest BCUT2D eigenvalue weighted by molar-refractivity contribution is 7.12. The first-order chi connectivity index (χ1) is 9.08. The lowest BCUT2D eigenvalue weighted by Gasteiger charge is -2.15. The van der Waals surface area contributed by atoms with Gasteiger partial charge in [0, 0.05) is 13.1 Å². The second-order valence-corrected chi connectivity index (χ2v) is 5.55. The molecule has 5 nitrogen and oxygen atoms in total. The van der Waals surface area contributed by atoms with Gasteiger partial charge < -0.3 is 14.4 Å². The summed E-state index contributed by atoms with van der Waals surface area (Å²) in [5, 5.41) is 1.82. The molecule has 2 atom stereocenters. The average molecular weight is 283 g/mol. The fraction of sp³-hybridized carbons (Fsp3) is 0.538. The van der Waals surface area contributed by atoms with Gasteiger partial charge in [-0.15, -0.1) is 11.3 Å². The Bertz CT molecular complexity index is 485. The van der Waals surface area contributed by atoms with Crippen LogP contribution in [0.4, 0.5) is 0 Å². The van der Waals surface area contributed by atoms with Gasteiger partial charge in [0.25, 0.3) is 5.91 Å². The highest BCUT2D eigenvalue weighted by Crippen LogP contribution is 2.30. The van der Waals surface area contributed by atoms with Crippen LogP contribution in [0.3, 0.4) is 0 Å². The minimum Gasteiger partial charge on any atom is -0.495 e.